The van der Waals surface area contributed by atoms with Crippen molar-refractivity contribution in [3.05, 3.63) is 65.1 Å². The number of rotatable bonds is 4. The highest BCUT2D eigenvalue weighted by molar-refractivity contribution is 5.93. The fourth-order valence-electron chi connectivity index (χ4n) is 4.00. The van der Waals surface area contributed by atoms with Gasteiger partial charge in [0, 0.05) is 18.7 Å². The summed E-state index contributed by atoms with van der Waals surface area (Å²) in [6.45, 7) is 6.51. The highest BCUT2D eigenvalue weighted by atomic mass is 16.5. The first kappa shape index (κ1) is 18.8. The number of carbonyl (C=O) groups is 1. The van der Waals surface area contributed by atoms with Crippen LogP contribution in [0.1, 0.15) is 48.1 Å². The van der Waals surface area contributed by atoms with Gasteiger partial charge in [0.15, 0.2) is 5.76 Å². The van der Waals surface area contributed by atoms with Gasteiger partial charge >= 0.3 is 0 Å². The van der Waals surface area contributed by atoms with Gasteiger partial charge in [0.25, 0.3) is 5.91 Å². The summed E-state index contributed by atoms with van der Waals surface area (Å²) in [6.07, 6.45) is 4.93. The Morgan fingerprint density at radius 3 is 2.64 bits per heavy atom. The number of aryl methyl sites for hydroxylation is 1. The molecule has 1 spiro atoms. The van der Waals surface area contributed by atoms with Gasteiger partial charge in [0.2, 0.25) is 0 Å². The van der Waals surface area contributed by atoms with Crippen LogP contribution in [0.3, 0.4) is 0 Å². The van der Waals surface area contributed by atoms with Crippen molar-refractivity contribution in [1.82, 2.24) is 4.90 Å². The Hall–Kier alpha value is -2.53. The van der Waals surface area contributed by atoms with Crippen molar-refractivity contribution in [3.63, 3.8) is 0 Å². The molecule has 1 amide bonds. The van der Waals surface area contributed by atoms with Crippen molar-refractivity contribution >= 4 is 5.91 Å². The van der Waals surface area contributed by atoms with Gasteiger partial charge in [-0.2, -0.15) is 0 Å². The summed E-state index contributed by atoms with van der Waals surface area (Å²) in [4.78, 5) is 14.9. The molecule has 2 aliphatic rings. The average Bonchev–Trinajstić information content (AvgIpc) is 3.08. The van der Waals surface area contributed by atoms with Crippen molar-refractivity contribution in [2.45, 2.75) is 45.3 Å². The molecule has 0 radical (unpaired) electrons. The van der Waals surface area contributed by atoms with E-state index in [9.17, 15) is 4.79 Å². The average molecular weight is 381 g/mol. The Bertz CT molecular complexity index is 860. The van der Waals surface area contributed by atoms with Crippen molar-refractivity contribution in [2.24, 2.45) is 0 Å². The first-order valence-electron chi connectivity index (χ1n) is 9.93. The molecule has 0 unspecified atom stereocenters. The lowest BCUT2D eigenvalue weighted by molar-refractivity contribution is -0.0525. The summed E-state index contributed by atoms with van der Waals surface area (Å²) in [7, 11) is 0. The van der Waals surface area contributed by atoms with Crippen molar-refractivity contribution in [1.29, 1.82) is 0 Å². The van der Waals surface area contributed by atoms with Crippen LogP contribution in [0.25, 0.3) is 0 Å². The number of benzene rings is 1. The first-order valence-corrected chi connectivity index (χ1v) is 9.93. The first-order chi connectivity index (χ1) is 13.5. The minimum atomic E-state index is -0.188. The number of para-hydroxylation sites is 1. The van der Waals surface area contributed by atoms with E-state index in [0.717, 1.165) is 37.2 Å². The van der Waals surface area contributed by atoms with Crippen LogP contribution in [0, 0.1) is 6.92 Å². The third-order valence-corrected chi connectivity index (χ3v) is 5.58. The molecule has 1 saturated heterocycles. The van der Waals surface area contributed by atoms with Crippen molar-refractivity contribution < 1.29 is 18.7 Å². The monoisotopic (exact) mass is 381 g/mol. The van der Waals surface area contributed by atoms with Crippen LogP contribution < -0.4 is 4.74 Å². The van der Waals surface area contributed by atoms with E-state index in [1.54, 1.807) is 0 Å². The number of hydrogen-bond acceptors (Lipinski definition) is 4. The predicted molar refractivity (Wildman–Crippen MR) is 106 cm³/mol. The molecule has 0 saturated carbocycles. The second-order valence-corrected chi connectivity index (χ2v) is 7.77. The summed E-state index contributed by atoms with van der Waals surface area (Å²) in [5.41, 5.74) is 2.05. The number of amides is 1. The quantitative estimate of drug-likeness (QED) is 0.732. The standard InChI is InChI=1S/C23H27NO4/c1-17-8-13-27-23(15-17)9-11-24(12-10-23)22(25)21-18(2)14-20(28-21)16-26-19-6-4-3-5-7-19/h3-7,14-15H,8-13,16H2,1-2H3. The number of piperidine rings is 1. The fraction of sp³-hybridized carbons (Fsp3) is 0.435. The molecule has 148 valence electrons. The zero-order valence-electron chi connectivity index (χ0n) is 16.6. The number of nitrogens with zero attached hydrogens (tertiary/aromatic N) is 1. The van der Waals surface area contributed by atoms with Crippen LogP contribution in [-0.2, 0) is 11.3 Å². The lowest BCUT2D eigenvalue weighted by Crippen LogP contribution is -2.48. The topological polar surface area (TPSA) is 51.9 Å². The maximum absolute atomic E-state index is 13.0. The minimum absolute atomic E-state index is 0.0465. The largest absolute Gasteiger partial charge is 0.486 e. The number of hydrogen-bond donors (Lipinski definition) is 0. The third-order valence-electron chi connectivity index (χ3n) is 5.58. The molecule has 0 N–H and O–H groups in total. The maximum atomic E-state index is 13.0. The van der Waals surface area contributed by atoms with Crippen LogP contribution in [-0.4, -0.2) is 36.1 Å². The Labute approximate surface area is 165 Å². The molecule has 1 aromatic heterocycles. The van der Waals surface area contributed by atoms with E-state index < -0.39 is 0 Å². The van der Waals surface area contributed by atoms with Crippen LogP contribution in [0.5, 0.6) is 5.75 Å². The van der Waals surface area contributed by atoms with Crippen LogP contribution in [0.4, 0.5) is 0 Å². The van der Waals surface area contributed by atoms with Crippen molar-refractivity contribution in [3.8, 4) is 5.75 Å². The highest BCUT2D eigenvalue weighted by Crippen LogP contribution is 2.33. The summed E-state index contributed by atoms with van der Waals surface area (Å²) < 4.78 is 17.6. The SMILES string of the molecule is CC1=CC2(CCN(C(=O)c3oc(COc4ccccc4)cc3C)CC2)OCC1. The van der Waals surface area contributed by atoms with Gasteiger partial charge in [0.05, 0.1) is 12.2 Å². The second-order valence-electron chi connectivity index (χ2n) is 7.77. The van der Waals surface area contributed by atoms with Crippen LogP contribution in [0.15, 0.2) is 52.5 Å². The summed E-state index contributed by atoms with van der Waals surface area (Å²) in [5.74, 6) is 1.81. The summed E-state index contributed by atoms with van der Waals surface area (Å²) >= 11 is 0. The molecule has 3 heterocycles. The molecule has 0 atom stereocenters. The Morgan fingerprint density at radius 1 is 1.18 bits per heavy atom. The van der Waals surface area contributed by atoms with Gasteiger partial charge in [-0.3, -0.25) is 4.79 Å². The van der Waals surface area contributed by atoms with E-state index in [-0.39, 0.29) is 11.5 Å². The zero-order chi connectivity index (χ0) is 19.6. The van der Waals surface area contributed by atoms with Crippen LogP contribution in [0.2, 0.25) is 0 Å². The fourth-order valence-corrected chi connectivity index (χ4v) is 4.00. The predicted octanol–water partition coefficient (Wildman–Crippen LogP) is 4.51. The maximum Gasteiger partial charge on any atom is 0.289 e. The Kier molecular flexibility index (Phi) is 5.27. The van der Waals surface area contributed by atoms with Gasteiger partial charge in [-0.15, -0.1) is 0 Å². The normalized spacial score (nSPS) is 18.8. The number of likely N-dealkylation sites (tertiary alicyclic amines) is 1. The zero-order valence-corrected chi connectivity index (χ0v) is 16.6. The summed E-state index contributed by atoms with van der Waals surface area (Å²) in [6, 6.07) is 11.5. The lowest BCUT2D eigenvalue weighted by Gasteiger charge is -2.42. The Morgan fingerprint density at radius 2 is 1.93 bits per heavy atom. The van der Waals surface area contributed by atoms with Crippen LogP contribution >= 0.6 is 0 Å². The molecule has 1 aromatic carbocycles. The van der Waals surface area contributed by atoms with E-state index in [1.807, 2.05) is 48.2 Å². The van der Waals surface area contributed by atoms with E-state index in [2.05, 4.69) is 13.0 Å². The molecular weight excluding hydrogens is 354 g/mol. The third kappa shape index (κ3) is 3.99. The molecule has 28 heavy (non-hydrogen) atoms. The molecule has 4 rings (SSSR count). The minimum Gasteiger partial charge on any atom is -0.486 e. The summed E-state index contributed by atoms with van der Waals surface area (Å²) in [5, 5.41) is 0. The van der Waals surface area contributed by atoms with Gasteiger partial charge in [-0.25, -0.2) is 0 Å². The molecule has 0 bridgehead atoms. The number of carbonyl (C=O) groups excluding carboxylic acids is 1. The smallest absolute Gasteiger partial charge is 0.289 e. The van der Waals surface area contributed by atoms with E-state index in [1.165, 1.54) is 5.57 Å². The van der Waals surface area contributed by atoms with E-state index in [0.29, 0.717) is 31.2 Å². The van der Waals surface area contributed by atoms with E-state index >= 15 is 0 Å². The van der Waals surface area contributed by atoms with E-state index in [4.69, 9.17) is 13.9 Å². The highest BCUT2D eigenvalue weighted by Gasteiger charge is 2.37. The molecule has 0 aliphatic carbocycles. The second kappa shape index (κ2) is 7.84. The lowest BCUT2D eigenvalue weighted by atomic mass is 9.87. The molecular formula is C23H27NO4. The number of furan rings is 1. The van der Waals surface area contributed by atoms with Crippen molar-refractivity contribution in [2.75, 3.05) is 19.7 Å². The molecule has 2 aromatic rings. The number of ether oxygens (including phenoxy) is 2. The molecule has 5 nitrogen and oxygen atoms in total. The molecule has 5 heteroatoms. The van der Waals surface area contributed by atoms with Gasteiger partial charge in [-0.05, 0) is 51.3 Å². The van der Waals surface area contributed by atoms with Gasteiger partial charge in [0.1, 0.15) is 18.1 Å². The molecule has 2 aliphatic heterocycles. The van der Waals surface area contributed by atoms with Gasteiger partial charge < -0.3 is 18.8 Å². The van der Waals surface area contributed by atoms with Gasteiger partial charge in [-0.1, -0.05) is 29.8 Å². The molecule has 1 fully saturated rings. The Balaban J connectivity index is 1.39.